The zero-order chi connectivity index (χ0) is 134. The van der Waals surface area contributed by atoms with Crippen LogP contribution in [0.1, 0.15) is 513 Å². The average Bonchev–Trinajstić information content (AvgIpc) is 0.643. The van der Waals surface area contributed by atoms with Gasteiger partial charge in [0.2, 0.25) is 0 Å². The summed E-state index contributed by atoms with van der Waals surface area (Å²) in [5, 5.41) is 65.2. The van der Waals surface area contributed by atoms with E-state index in [4.69, 9.17) is 70.9 Å². The van der Waals surface area contributed by atoms with Crippen LogP contribution < -0.4 is 28.4 Å². The lowest BCUT2D eigenvalue weighted by Crippen LogP contribution is -2.45. The first-order chi connectivity index (χ1) is 79.8. The average molecular weight is 1930 g/mol. The molecule has 6 aliphatic heterocycles. The van der Waals surface area contributed by atoms with Gasteiger partial charge in [-0.1, -0.05) is 188 Å². The fraction of sp³-hybridized carbons (Fsp3) is 0.619. The van der Waals surface area contributed by atoms with Gasteiger partial charge in [-0.05, 0) is 384 Å². The van der Waals surface area contributed by atoms with Gasteiger partial charge in [0.05, 0.1) is 2.74 Å². The second-order valence-electron chi connectivity index (χ2n) is 41.6. The van der Waals surface area contributed by atoms with E-state index in [0.717, 1.165) is 81.9 Å². The van der Waals surface area contributed by atoms with Gasteiger partial charge in [-0.15, -0.1) is 0 Å². The maximum atomic E-state index is 10.9. The molecule has 0 spiro atoms. The molecule has 0 bridgehead atoms. The first-order valence-electron chi connectivity index (χ1n) is 69.5. The summed E-state index contributed by atoms with van der Waals surface area (Å²) in [7, 11) is 0. The summed E-state index contributed by atoms with van der Waals surface area (Å²) in [6.45, 7) is 34.0. The van der Waals surface area contributed by atoms with Gasteiger partial charge in [-0.2, -0.15) is 0 Å². The number of hydrogen-bond donors (Lipinski definition) is 6. The maximum absolute atomic E-state index is 10.9. The number of allylic oxidation sites excluding steroid dienone is 12. The van der Waals surface area contributed by atoms with Crippen molar-refractivity contribution in [1.82, 2.24) is 0 Å². The van der Waals surface area contributed by atoms with Crippen LogP contribution in [-0.2, 0) is 38.2 Å². The molecule has 0 fully saturated rings. The number of phenols is 6. The summed E-state index contributed by atoms with van der Waals surface area (Å²) in [4.78, 5) is 0. The Morgan fingerprint density at radius 1 is 0.290 bits per heavy atom. The van der Waals surface area contributed by atoms with E-state index in [-0.39, 0.29) is 152 Å². The molecule has 0 aromatic heterocycles. The van der Waals surface area contributed by atoms with E-state index in [2.05, 4.69) is 0 Å². The Hall–Kier alpha value is -8.64. The molecule has 18 rings (SSSR count). The van der Waals surface area contributed by atoms with Gasteiger partial charge >= 0.3 is 0 Å². The predicted molar refractivity (Wildman–Crippen MR) is 572 cm³/mol. The van der Waals surface area contributed by atoms with Gasteiger partial charge in [0.1, 0.15) is 103 Å². The van der Waals surface area contributed by atoms with E-state index in [9.17, 15) is 40.2 Å². The van der Waals surface area contributed by atoms with Crippen LogP contribution in [0.15, 0.2) is 143 Å². The predicted octanol–water partition coefficient (Wildman–Crippen LogP) is 34.4. The third kappa shape index (κ3) is 25.0. The Morgan fingerprint density at radius 3 is 0.841 bits per heavy atom. The molecule has 138 heavy (non-hydrogen) atoms. The Labute approximate surface area is 887 Å². The Balaban J connectivity index is 0.000000172. The summed E-state index contributed by atoms with van der Waals surface area (Å²) < 4.78 is 360. The lowest BCUT2D eigenvalue weighted by molar-refractivity contribution is 0.0104. The van der Waals surface area contributed by atoms with Crippen LogP contribution >= 0.6 is 0 Å². The van der Waals surface area contributed by atoms with Crippen LogP contribution in [0.25, 0.3) is 0 Å². The van der Waals surface area contributed by atoms with E-state index in [1.54, 1.807) is 52.0 Å². The van der Waals surface area contributed by atoms with Crippen molar-refractivity contribution in [2.75, 3.05) is 0 Å². The minimum Gasteiger partial charge on any atom is -0.507 e. The SMILES string of the molecule is [2H]C([2H])(CCCC)c1cc(O)c2c(c1)OC(C)(C)[C@@H]1CCC(C)=C[C@@]21[2H].[2H]C([2H])([2H])C1=C[C@@]2([2H])c3c(O)cc(C([2H])([2H])CCCC)cc3OC(C)(C)[C@@H]2CC1.[2H]C([2H])([2H])C1=C[C@@]2([2H])c3c(O)cc(C([2H])([2H])CCCC)cc3OC(C)(C)[C@@H]2CC1([2H])[2H].[2H]C1([2H])C[C@H]2C(C)(C)Oc3cc(C([2H])([2H])CCCC)cc(O)c3[C@]2([2H])C=C1C.[2H]C1=C(C)C([2H])([2H])C([2H])([2H])[C@@]2([2H])C(C)(C)Oc3cc(C([2H])([2H])CCCC)cc(O)c3[C@]12[2H].[2H]C1=C(C)CC([2H])([2H])[C@@]2([2H])C(C)(C)Oc3cc(C([2H])([2H])CCCC)cc(O)c3[C@]12[2H]. The van der Waals surface area contributed by atoms with Crippen molar-refractivity contribution in [3.63, 3.8) is 0 Å². The fourth-order valence-electron chi connectivity index (χ4n) is 20.2. The minimum atomic E-state index is -2.96. The monoisotopic (exact) mass is 1920 g/mol. The molecular weight excluding hydrogens is 1710 g/mol. The summed E-state index contributed by atoms with van der Waals surface area (Å²) in [5.74, 6) is -17.4. The first-order valence-corrected chi connectivity index (χ1v) is 50.5. The summed E-state index contributed by atoms with van der Waals surface area (Å²) in [6, 6.07) is 16.3. The van der Waals surface area contributed by atoms with Crippen molar-refractivity contribution < 1.29 is 111 Å². The number of benzene rings is 6. The van der Waals surface area contributed by atoms with Gasteiger partial charge in [-0.25, -0.2) is 0 Å². The summed E-state index contributed by atoms with van der Waals surface area (Å²) >= 11 is 0. The van der Waals surface area contributed by atoms with E-state index in [0.29, 0.717) is 108 Å². The van der Waals surface area contributed by atoms with Gasteiger partial charge < -0.3 is 59.1 Å². The number of ether oxygens (including phenoxy) is 6. The second kappa shape index (κ2) is 45.7. The van der Waals surface area contributed by atoms with E-state index < -0.39 is 200 Å². The second-order valence-corrected chi connectivity index (χ2v) is 41.6. The molecule has 756 valence electrons. The van der Waals surface area contributed by atoms with Crippen molar-refractivity contribution in [1.29, 1.82) is 0 Å². The van der Waals surface area contributed by atoms with Crippen molar-refractivity contribution in [2.24, 2.45) is 35.5 Å². The van der Waals surface area contributed by atoms with Crippen LogP contribution in [0, 0.1) is 35.5 Å². The molecule has 12 heteroatoms. The van der Waals surface area contributed by atoms with Crippen molar-refractivity contribution in [2.45, 2.75) is 466 Å². The van der Waals surface area contributed by atoms with E-state index in [1.165, 1.54) is 89.2 Å². The smallest absolute Gasteiger partial charge is 0.127 e. The van der Waals surface area contributed by atoms with Crippen molar-refractivity contribution >= 4 is 0 Å². The van der Waals surface area contributed by atoms with Gasteiger partial charge in [0, 0.05) is 154 Å². The molecule has 6 aliphatic carbocycles. The maximum Gasteiger partial charge on any atom is 0.127 e. The molecule has 0 saturated carbocycles. The highest BCUT2D eigenvalue weighted by atomic mass is 16.5. The highest BCUT2D eigenvalue weighted by Gasteiger charge is 2.52. The summed E-state index contributed by atoms with van der Waals surface area (Å²) in [5.41, 5.74) is -2.77. The zero-order valence-corrected chi connectivity index (χ0v) is 85.9. The number of phenolic OH excluding ortho intramolecular Hbond substituents is 6. The number of aryl methyl sites for hydroxylation is 6. The fourth-order valence-corrected chi connectivity index (χ4v) is 20.2. The van der Waals surface area contributed by atoms with Crippen LogP contribution in [0.3, 0.4) is 0 Å². The summed E-state index contributed by atoms with van der Waals surface area (Å²) in [6.07, 6.45) is -1.99. The molecule has 6 heterocycles. The number of aromatic hydroxyl groups is 6. The highest BCUT2D eigenvalue weighted by molar-refractivity contribution is 5.60. The first kappa shape index (κ1) is 66.3. The molecule has 0 radical (unpaired) electrons. The molecule has 0 amide bonds. The van der Waals surface area contributed by atoms with Crippen molar-refractivity contribution in [3.05, 3.63) is 209 Å². The molecule has 6 aromatic rings. The third-order valence-electron chi connectivity index (χ3n) is 27.7. The molecule has 6 aromatic carbocycles. The van der Waals surface area contributed by atoms with Crippen LogP contribution in [-0.4, -0.2) is 64.2 Å². The van der Waals surface area contributed by atoms with E-state index >= 15 is 0 Å². The Morgan fingerprint density at radius 2 is 0.536 bits per heavy atom. The largest absolute Gasteiger partial charge is 0.507 e. The molecule has 12 aliphatic rings. The number of rotatable bonds is 24. The van der Waals surface area contributed by atoms with Crippen LogP contribution in [0.4, 0.5) is 0 Å². The lowest BCUT2D eigenvalue weighted by Gasteiger charge is -2.46. The zero-order valence-electron chi connectivity index (χ0n) is 124. The van der Waals surface area contributed by atoms with Crippen LogP contribution in [0.5, 0.6) is 69.0 Å². The van der Waals surface area contributed by atoms with Crippen molar-refractivity contribution in [3.8, 4) is 69.0 Å². The van der Waals surface area contributed by atoms with Gasteiger partial charge in [0.15, 0.2) is 0 Å². The Bertz CT molecular complexity index is 7380. The van der Waals surface area contributed by atoms with Gasteiger partial charge in [0.25, 0.3) is 0 Å². The quantitative estimate of drug-likeness (QED) is 0.0317. The highest BCUT2D eigenvalue weighted by Crippen LogP contribution is 2.61. The molecular formula is C126H180O12. The number of fused-ring (bicyclic) bond motifs is 18. The molecule has 6 N–H and O–H groups in total. The normalized spacial score (nSPS) is 36.2. The van der Waals surface area contributed by atoms with Crippen LogP contribution in [0.2, 0.25) is 0 Å². The molecule has 0 saturated heterocycles. The molecule has 12 nitrogen and oxygen atoms in total. The minimum absolute atomic E-state index is 0.0284. The molecule has 0 unspecified atom stereocenters. The standard InChI is InChI=1S/6C21H30O2/c6*1-5-6-7-8-15-12-18(22)20-16-11-14(2)9-10-17(16)21(3,4)23-19(20)13-15/h6*11-13,16-17,22H,5-10H2,1-4H3/t6*16-,17-/m111111/s1/i8D2,9D2,10D2,11D,16D,17D;8D2,10D2,11D,16D,17D;2D3,8D2,9D2,16D;8D2,9D2,16D;2D3,8D2,16D;8D2,16D. The molecule has 12 atom stereocenters. The topological polar surface area (TPSA) is 177 Å². The number of hydrogen-bond acceptors (Lipinski definition) is 12. The lowest BCUT2D eigenvalue weighted by atomic mass is 9.68. The Kier molecular flexibility index (Phi) is 22.0. The third-order valence-corrected chi connectivity index (χ3v) is 27.7. The van der Waals surface area contributed by atoms with E-state index in [1.807, 2.05) is 96.1 Å². The number of unbranched alkanes of at least 4 members (excludes halogenated alkanes) is 6. The van der Waals surface area contributed by atoms with Gasteiger partial charge in [-0.3, -0.25) is 0 Å².